The highest BCUT2D eigenvalue weighted by Crippen LogP contribution is 2.40. The predicted octanol–water partition coefficient (Wildman–Crippen LogP) is 5.87. The maximum atomic E-state index is 12.8. The number of ketones is 1. The van der Waals surface area contributed by atoms with E-state index in [1.165, 1.54) is 0 Å². The van der Waals surface area contributed by atoms with Crippen LogP contribution in [-0.4, -0.2) is 18.5 Å². The molecular formula is C24H14Cl2O6. The molecule has 2 heterocycles. The number of ether oxygens (including phenoxy) is 4. The molecular weight excluding hydrogens is 455 g/mol. The minimum atomic E-state index is -0.567. The van der Waals surface area contributed by atoms with Gasteiger partial charge in [-0.1, -0.05) is 29.3 Å². The third-order valence-corrected chi connectivity index (χ3v) is 5.83. The van der Waals surface area contributed by atoms with Gasteiger partial charge in [-0.05, 0) is 61.0 Å². The molecule has 3 aromatic rings. The van der Waals surface area contributed by atoms with Gasteiger partial charge in [0.05, 0.1) is 21.2 Å². The van der Waals surface area contributed by atoms with Gasteiger partial charge in [0.25, 0.3) is 0 Å². The van der Waals surface area contributed by atoms with Crippen LogP contribution in [0.25, 0.3) is 6.08 Å². The summed E-state index contributed by atoms with van der Waals surface area (Å²) in [5.74, 6) is 0.984. The van der Waals surface area contributed by atoms with Crippen LogP contribution in [0.15, 0.2) is 54.3 Å². The first-order valence-electron chi connectivity index (χ1n) is 9.55. The quantitative estimate of drug-likeness (QED) is 0.272. The van der Waals surface area contributed by atoms with Crippen molar-refractivity contribution in [1.82, 2.24) is 0 Å². The lowest BCUT2D eigenvalue weighted by Crippen LogP contribution is -2.09. The number of esters is 1. The van der Waals surface area contributed by atoms with Crippen molar-refractivity contribution in [3.05, 3.63) is 86.6 Å². The number of halogens is 2. The highest BCUT2D eigenvalue weighted by Gasteiger charge is 2.31. The molecule has 0 fully saturated rings. The number of carbonyl (C=O) groups excluding carboxylic acids is 2. The Balaban J connectivity index is 1.40. The Kier molecular flexibility index (Phi) is 5.04. The largest absolute Gasteiger partial charge is 0.454 e. The van der Waals surface area contributed by atoms with Gasteiger partial charge < -0.3 is 18.9 Å². The van der Waals surface area contributed by atoms with Crippen molar-refractivity contribution in [2.75, 3.05) is 6.79 Å². The van der Waals surface area contributed by atoms with Gasteiger partial charge in [-0.25, -0.2) is 4.79 Å². The van der Waals surface area contributed by atoms with Crippen LogP contribution in [0.1, 0.15) is 31.8 Å². The molecule has 0 saturated carbocycles. The van der Waals surface area contributed by atoms with E-state index in [-0.39, 0.29) is 24.1 Å². The van der Waals surface area contributed by atoms with E-state index in [1.807, 2.05) is 0 Å². The van der Waals surface area contributed by atoms with Gasteiger partial charge in [0.15, 0.2) is 17.3 Å². The van der Waals surface area contributed by atoms with Gasteiger partial charge in [0.1, 0.15) is 11.5 Å². The Morgan fingerprint density at radius 1 is 1.00 bits per heavy atom. The fraction of sp³-hybridized carbons (Fsp3) is 0.0833. The third-order valence-electron chi connectivity index (χ3n) is 5.09. The Morgan fingerprint density at radius 3 is 2.62 bits per heavy atom. The molecule has 0 spiro atoms. The summed E-state index contributed by atoms with van der Waals surface area (Å²) in [5, 5.41) is 0.790. The van der Waals surface area contributed by atoms with E-state index in [0.29, 0.717) is 49.5 Å². The van der Waals surface area contributed by atoms with Crippen LogP contribution in [0.2, 0.25) is 10.0 Å². The predicted molar refractivity (Wildman–Crippen MR) is 118 cm³/mol. The zero-order valence-corrected chi connectivity index (χ0v) is 18.1. The normalized spacial score (nSPS) is 15.0. The number of hydrogen-bond acceptors (Lipinski definition) is 6. The molecule has 3 aromatic carbocycles. The van der Waals surface area contributed by atoms with Crippen LogP contribution < -0.4 is 18.9 Å². The standard InChI is InChI=1S/C24H14Cl2O6/c1-12-18(32-24(28)14-3-6-19-20(10-14)30-11-29-19)7-4-15-22(27)21(31-23(12)15)9-13-2-5-16(25)17(26)8-13/h2-10H,11H2,1H3/b21-9-. The van der Waals surface area contributed by atoms with Crippen LogP contribution in [-0.2, 0) is 0 Å². The molecule has 0 bridgehead atoms. The molecule has 2 aliphatic heterocycles. The van der Waals surface area contributed by atoms with Crippen molar-refractivity contribution in [3.63, 3.8) is 0 Å². The molecule has 8 heteroatoms. The Labute approximate surface area is 192 Å². The maximum Gasteiger partial charge on any atom is 0.343 e. The smallest absolute Gasteiger partial charge is 0.343 e. The van der Waals surface area contributed by atoms with Gasteiger partial charge >= 0.3 is 5.97 Å². The molecule has 0 saturated heterocycles. The van der Waals surface area contributed by atoms with Crippen LogP contribution in [0.4, 0.5) is 0 Å². The van der Waals surface area contributed by atoms with E-state index in [2.05, 4.69) is 0 Å². The molecule has 0 aliphatic carbocycles. The summed E-state index contributed by atoms with van der Waals surface area (Å²) in [6, 6.07) is 13.0. The number of fused-ring (bicyclic) bond motifs is 2. The molecule has 5 rings (SSSR count). The van der Waals surface area contributed by atoms with E-state index < -0.39 is 5.97 Å². The van der Waals surface area contributed by atoms with Crippen LogP contribution in [0.3, 0.4) is 0 Å². The van der Waals surface area contributed by atoms with Gasteiger partial charge in [-0.15, -0.1) is 0 Å². The summed E-state index contributed by atoms with van der Waals surface area (Å²) in [6.45, 7) is 1.83. The number of Topliss-reactive ketones (excluding diaryl/α,β-unsaturated/α-hetero) is 1. The summed E-state index contributed by atoms with van der Waals surface area (Å²) >= 11 is 12.0. The third kappa shape index (κ3) is 3.57. The number of rotatable bonds is 3. The van der Waals surface area contributed by atoms with E-state index in [4.69, 9.17) is 42.1 Å². The molecule has 160 valence electrons. The second kappa shape index (κ2) is 7.89. The van der Waals surface area contributed by atoms with Crippen LogP contribution in [0, 0.1) is 6.92 Å². The summed E-state index contributed by atoms with van der Waals surface area (Å²) in [7, 11) is 0. The highest BCUT2D eigenvalue weighted by molar-refractivity contribution is 6.42. The summed E-state index contributed by atoms with van der Waals surface area (Å²) in [4.78, 5) is 25.4. The highest BCUT2D eigenvalue weighted by atomic mass is 35.5. The van der Waals surface area contributed by atoms with Gasteiger partial charge in [0, 0.05) is 5.56 Å². The number of carbonyl (C=O) groups is 2. The topological polar surface area (TPSA) is 71.1 Å². The minimum Gasteiger partial charge on any atom is -0.454 e. The molecule has 2 aliphatic rings. The number of allylic oxidation sites excluding steroid dienone is 1. The number of hydrogen-bond donors (Lipinski definition) is 0. The van der Waals surface area contributed by atoms with Crippen molar-refractivity contribution in [2.24, 2.45) is 0 Å². The Hall–Kier alpha value is -3.48. The molecule has 6 nitrogen and oxygen atoms in total. The minimum absolute atomic E-state index is 0.112. The Morgan fingerprint density at radius 2 is 1.81 bits per heavy atom. The summed E-state index contributed by atoms with van der Waals surface area (Å²) in [6.07, 6.45) is 1.59. The first kappa shape index (κ1) is 20.4. The van der Waals surface area contributed by atoms with E-state index in [9.17, 15) is 9.59 Å². The van der Waals surface area contributed by atoms with Gasteiger partial charge in [-0.2, -0.15) is 0 Å². The van der Waals surface area contributed by atoms with E-state index >= 15 is 0 Å². The summed E-state index contributed by atoms with van der Waals surface area (Å²) in [5.41, 5.74) is 1.90. The van der Waals surface area contributed by atoms with E-state index in [0.717, 1.165) is 0 Å². The van der Waals surface area contributed by atoms with Crippen molar-refractivity contribution in [1.29, 1.82) is 0 Å². The molecule has 0 unspecified atom stereocenters. The van der Waals surface area contributed by atoms with Crippen molar-refractivity contribution >= 4 is 41.0 Å². The fourth-order valence-corrected chi connectivity index (χ4v) is 3.72. The molecule has 0 amide bonds. The maximum absolute atomic E-state index is 12.8. The lowest BCUT2D eigenvalue weighted by molar-refractivity contribution is 0.0732. The monoisotopic (exact) mass is 468 g/mol. The first-order valence-corrected chi connectivity index (χ1v) is 10.3. The first-order chi connectivity index (χ1) is 15.4. The lowest BCUT2D eigenvalue weighted by atomic mass is 10.1. The van der Waals surface area contributed by atoms with Crippen molar-refractivity contribution < 1.29 is 28.5 Å². The molecule has 0 aromatic heterocycles. The van der Waals surface area contributed by atoms with Crippen molar-refractivity contribution in [3.8, 4) is 23.0 Å². The molecule has 0 radical (unpaired) electrons. The molecule has 32 heavy (non-hydrogen) atoms. The van der Waals surface area contributed by atoms with Crippen molar-refractivity contribution in [2.45, 2.75) is 6.92 Å². The SMILES string of the molecule is Cc1c(OC(=O)c2ccc3c(c2)OCO3)ccc2c1O/C(=C\c1ccc(Cl)c(Cl)c1)C2=O. The zero-order valence-electron chi connectivity index (χ0n) is 16.6. The second-order valence-electron chi connectivity index (χ2n) is 7.14. The average Bonchev–Trinajstić information content (AvgIpc) is 3.37. The van der Waals surface area contributed by atoms with E-state index in [1.54, 1.807) is 61.5 Å². The number of benzene rings is 3. The van der Waals surface area contributed by atoms with Crippen LogP contribution in [0.5, 0.6) is 23.0 Å². The zero-order chi connectivity index (χ0) is 22.4. The molecule has 0 atom stereocenters. The van der Waals surface area contributed by atoms with Crippen LogP contribution >= 0.6 is 23.2 Å². The second-order valence-corrected chi connectivity index (χ2v) is 7.95. The molecule has 0 N–H and O–H groups in total. The fourth-order valence-electron chi connectivity index (χ4n) is 3.41. The Bertz CT molecular complexity index is 1330. The van der Waals surface area contributed by atoms with Gasteiger partial charge in [-0.3, -0.25) is 4.79 Å². The average molecular weight is 469 g/mol. The lowest BCUT2D eigenvalue weighted by Gasteiger charge is -2.10. The van der Waals surface area contributed by atoms with Gasteiger partial charge in [0.2, 0.25) is 12.6 Å². The summed E-state index contributed by atoms with van der Waals surface area (Å²) < 4.78 is 21.9.